The van der Waals surface area contributed by atoms with Crippen LogP contribution >= 0.6 is 11.8 Å². The third-order valence-electron chi connectivity index (χ3n) is 7.07. The first kappa shape index (κ1) is 27.5. The highest BCUT2D eigenvalue weighted by Gasteiger charge is 2.30. The molecule has 1 unspecified atom stereocenters. The van der Waals surface area contributed by atoms with E-state index in [1.165, 1.54) is 11.8 Å². The van der Waals surface area contributed by atoms with Crippen molar-refractivity contribution in [1.29, 1.82) is 0 Å². The maximum atomic E-state index is 13.2. The molecule has 40 heavy (non-hydrogen) atoms. The third-order valence-corrected chi connectivity index (χ3v) is 7.99. The normalized spacial score (nSPS) is 15.2. The number of aryl methyl sites for hydroxylation is 1. The van der Waals surface area contributed by atoms with Gasteiger partial charge < -0.3 is 14.5 Å². The standard InChI is InChI=1S/C31H33N5O3S/c1-23-21-34(18-19-35(23)28(37)17-16-24-10-5-3-6-11-24)29(38)22-40-31-33-32-30(25-12-9-15-27(20-25)39-2)36(31)26-13-7-4-8-14-26/h3-15,20,23H,16-19,21-22H2,1-2H3. The average Bonchev–Trinajstić information content (AvgIpc) is 3.43. The number of nitrogens with zero attached hydrogens (tertiary/aromatic N) is 5. The Bertz CT molecular complexity index is 1440. The van der Waals surface area contributed by atoms with Gasteiger partial charge in [-0.15, -0.1) is 10.2 Å². The van der Waals surface area contributed by atoms with Crippen molar-refractivity contribution in [3.8, 4) is 22.8 Å². The Morgan fingerprint density at radius 2 is 1.68 bits per heavy atom. The van der Waals surface area contributed by atoms with E-state index < -0.39 is 0 Å². The van der Waals surface area contributed by atoms with E-state index in [0.717, 1.165) is 29.0 Å². The van der Waals surface area contributed by atoms with Crippen LogP contribution in [0.3, 0.4) is 0 Å². The van der Waals surface area contributed by atoms with E-state index in [4.69, 9.17) is 4.74 Å². The summed E-state index contributed by atoms with van der Waals surface area (Å²) in [5, 5.41) is 9.56. The number of aromatic nitrogens is 3. The van der Waals surface area contributed by atoms with E-state index in [1.807, 2.05) is 106 Å². The summed E-state index contributed by atoms with van der Waals surface area (Å²) < 4.78 is 7.37. The largest absolute Gasteiger partial charge is 0.497 e. The van der Waals surface area contributed by atoms with E-state index in [1.54, 1.807) is 7.11 Å². The van der Waals surface area contributed by atoms with E-state index >= 15 is 0 Å². The summed E-state index contributed by atoms with van der Waals surface area (Å²) in [6.07, 6.45) is 1.20. The molecule has 2 heterocycles. The monoisotopic (exact) mass is 555 g/mol. The second-order valence-electron chi connectivity index (χ2n) is 9.76. The molecule has 1 atom stereocenters. The van der Waals surface area contributed by atoms with Crippen LogP contribution in [0.15, 0.2) is 90.1 Å². The number of ether oxygens (including phenoxy) is 1. The first-order chi connectivity index (χ1) is 19.5. The number of para-hydroxylation sites is 1. The van der Waals surface area contributed by atoms with Crippen LogP contribution in [0.5, 0.6) is 5.75 Å². The predicted octanol–water partition coefficient (Wildman–Crippen LogP) is 4.73. The molecule has 9 heteroatoms. The van der Waals surface area contributed by atoms with Crippen LogP contribution < -0.4 is 4.74 Å². The quantitative estimate of drug-likeness (QED) is 0.278. The van der Waals surface area contributed by atoms with Crippen molar-refractivity contribution in [2.75, 3.05) is 32.5 Å². The van der Waals surface area contributed by atoms with Crippen molar-refractivity contribution in [2.45, 2.75) is 31.0 Å². The highest BCUT2D eigenvalue weighted by molar-refractivity contribution is 7.99. The molecule has 8 nitrogen and oxygen atoms in total. The van der Waals surface area contributed by atoms with Crippen LogP contribution in [0, 0.1) is 0 Å². The first-order valence-corrected chi connectivity index (χ1v) is 14.4. The summed E-state index contributed by atoms with van der Waals surface area (Å²) in [4.78, 5) is 29.9. The lowest BCUT2D eigenvalue weighted by atomic mass is 10.1. The number of benzene rings is 3. The van der Waals surface area contributed by atoms with Gasteiger partial charge in [-0.2, -0.15) is 0 Å². The second-order valence-corrected chi connectivity index (χ2v) is 10.7. The van der Waals surface area contributed by atoms with Gasteiger partial charge in [0.2, 0.25) is 11.8 Å². The van der Waals surface area contributed by atoms with E-state index in [2.05, 4.69) is 10.2 Å². The maximum absolute atomic E-state index is 13.2. The van der Waals surface area contributed by atoms with Crippen molar-refractivity contribution < 1.29 is 14.3 Å². The summed E-state index contributed by atoms with van der Waals surface area (Å²) in [5.41, 5.74) is 2.94. The average molecular weight is 556 g/mol. The molecule has 1 aliphatic heterocycles. The Hall–Kier alpha value is -4.11. The topological polar surface area (TPSA) is 80.6 Å². The van der Waals surface area contributed by atoms with Gasteiger partial charge in [0.05, 0.1) is 12.9 Å². The SMILES string of the molecule is COc1cccc(-c2nnc(SCC(=O)N3CCN(C(=O)CCc4ccccc4)C(C)C3)n2-c2ccccc2)c1. The van der Waals surface area contributed by atoms with Gasteiger partial charge in [0.15, 0.2) is 11.0 Å². The minimum Gasteiger partial charge on any atom is -0.497 e. The number of carbonyl (C=O) groups excluding carboxylic acids is 2. The number of piperazine rings is 1. The lowest BCUT2D eigenvalue weighted by Gasteiger charge is -2.40. The van der Waals surface area contributed by atoms with Gasteiger partial charge in [-0.05, 0) is 43.2 Å². The van der Waals surface area contributed by atoms with Crippen LogP contribution in [0.1, 0.15) is 18.9 Å². The van der Waals surface area contributed by atoms with Gasteiger partial charge in [0, 0.05) is 43.3 Å². The number of amides is 2. The third kappa shape index (κ3) is 6.37. The molecular weight excluding hydrogens is 522 g/mol. The lowest BCUT2D eigenvalue weighted by molar-refractivity contribution is -0.141. The Morgan fingerprint density at radius 1 is 0.925 bits per heavy atom. The predicted molar refractivity (Wildman–Crippen MR) is 157 cm³/mol. The number of methoxy groups -OCH3 is 1. The fourth-order valence-corrected chi connectivity index (χ4v) is 5.79. The molecule has 0 N–H and O–H groups in total. The Morgan fingerprint density at radius 3 is 2.40 bits per heavy atom. The molecule has 0 spiro atoms. The Balaban J connectivity index is 1.23. The van der Waals surface area contributed by atoms with Gasteiger partial charge in [-0.3, -0.25) is 14.2 Å². The number of hydrogen-bond acceptors (Lipinski definition) is 6. The number of rotatable bonds is 9. The summed E-state index contributed by atoms with van der Waals surface area (Å²) in [6, 6.07) is 27.6. The molecule has 0 aliphatic carbocycles. The molecule has 1 aromatic heterocycles. The molecule has 3 aromatic carbocycles. The summed E-state index contributed by atoms with van der Waals surface area (Å²) in [5.74, 6) is 1.81. The number of thioether (sulfide) groups is 1. The molecule has 0 radical (unpaired) electrons. The van der Waals surface area contributed by atoms with E-state index in [-0.39, 0.29) is 23.6 Å². The Kier molecular flexibility index (Phi) is 8.81. The fraction of sp³-hybridized carbons (Fsp3) is 0.290. The Labute approximate surface area is 239 Å². The van der Waals surface area contributed by atoms with Crippen molar-refractivity contribution in [2.24, 2.45) is 0 Å². The molecule has 0 bridgehead atoms. The zero-order valence-corrected chi connectivity index (χ0v) is 23.6. The van der Waals surface area contributed by atoms with Gasteiger partial charge in [0.1, 0.15) is 5.75 Å². The summed E-state index contributed by atoms with van der Waals surface area (Å²) in [6.45, 7) is 3.61. The first-order valence-electron chi connectivity index (χ1n) is 13.4. The zero-order valence-electron chi connectivity index (χ0n) is 22.8. The van der Waals surface area contributed by atoms with Gasteiger partial charge in [-0.1, -0.05) is 72.4 Å². The molecule has 1 saturated heterocycles. The maximum Gasteiger partial charge on any atom is 0.233 e. The van der Waals surface area contributed by atoms with Gasteiger partial charge in [-0.25, -0.2) is 0 Å². The lowest BCUT2D eigenvalue weighted by Crippen LogP contribution is -2.55. The summed E-state index contributed by atoms with van der Waals surface area (Å²) >= 11 is 1.37. The van der Waals surface area contributed by atoms with Crippen molar-refractivity contribution in [3.63, 3.8) is 0 Å². The molecule has 1 fully saturated rings. The minimum atomic E-state index is -0.0291. The van der Waals surface area contributed by atoms with E-state index in [9.17, 15) is 9.59 Å². The van der Waals surface area contributed by atoms with Crippen LogP contribution in [0.25, 0.3) is 17.1 Å². The van der Waals surface area contributed by atoms with Crippen LogP contribution in [-0.2, 0) is 16.0 Å². The molecular formula is C31H33N5O3S. The molecule has 206 valence electrons. The molecule has 2 amide bonds. The van der Waals surface area contributed by atoms with Gasteiger partial charge >= 0.3 is 0 Å². The second kappa shape index (κ2) is 12.8. The highest BCUT2D eigenvalue weighted by Crippen LogP contribution is 2.30. The molecule has 1 aliphatic rings. The van der Waals surface area contributed by atoms with Crippen LogP contribution in [0.2, 0.25) is 0 Å². The van der Waals surface area contributed by atoms with Crippen LogP contribution in [-0.4, -0.2) is 74.9 Å². The van der Waals surface area contributed by atoms with Crippen molar-refractivity contribution >= 4 is 23.6 Å². The van der Waals surface area contributed by atoms with Crippen molar-refractivity contribution in [3.05, 3.63) is 90.5 Å². The number of carbonyl (C=O) groups is 2. The molecule has 4 aromatic rings. The molecule has 0 saturated carbocycles. The highest BCUT2D eigenvalue weighted by atomic mass is 32.2. The van der Waals surface area contributed by atoms with Crippen molar-refractivity contribution in [1.82, 2.24) is 24.6 Å². The minimum absolute atomic E-state index is 0.0266. The summed E-state index contributed by atoms with van der Waals surface area (Å²) in [7, 11) is 1.63. The van der Waals surface area contributed by atoms with Gasteiger partial charge in [0.25, 0.3) is 0 Å². The van der Waals surface area contributed by atoms with Crippen LogP contribution in [0.4, 0.5) is 0 Å². The number of hydrogen-bond donors (Lipinski definition) is 0. The smallest absolute Gasteiger partial charge is 0.233 e. The van der Waals surface area contributed by atoms with E-state index in [0.29, 0.717) is 37.0 Å². The zero-order chi connectivity index (χ0) is 27.9. The molecule has 5 rings (SSSR count). The fourth-order valence-electron chi connectivity index (χ4n) is 4.93.